The van der Waals surface area contributed by atoms with Crippen LogP contribution in [0.2, 0.25) is 0 Å². The predicted octanol–water partition coefficient (Wildman–Crippen LogP) is 14.5. The van der Waals surface area contributed by atoms with Crippen molar-refractivity contribution in [2.24, 2.45) is 0 Å². The van der Waals surface area contributed by atoms with Crippen molar-refractivity contribution in [1.29, 1.82) is 0 Å². The van der Waals surface area contributed by atoms with Gasteiger partial charge < -0.3 is 4.90 Å². The molecule has 2 nitrogen and oxygen atoms in total. The Morgan fingerprint density at radius 3 is 1.40 bits per heavy atom. The third kappa shape index (κ3) is 4.48. The zero-order valence-electron chi connectivity index (χ0n) is 26.6. The van der Waals surface area contributed by atoms with Crippen molar-refractivity contribution in [3.63, 3.8) is 0 Å². The first-order valence-electron chi connectivity index (χ1n) is 16.7. The van der Waals surface area contributed by atoms with Crippen molar-refractivity contribution in [2.45, 2.75) is 0 Å². The lowest BCUT2D eigenvalue weighted by Crippen LogP contribution is -2.09. The molecule has 0 atom stereocenters. The number of hydrogen-bond acceptors (Lipinski definition) is 5. The molecule has 0 fully saturated rings. The average Bonchev–Trinajstić information content (AvgIpc) is 3.85. The molecule has 50 heavy (non-hydrogen) atoms. The van der Waals surface area contributed by atoms with E-state index in [-0.39, 0.29) is 0 Å². The van der Waals surface area contributed by atoms with E-state index in [0.717, 1.165) is 33.1 Å². The first-order valence-corrected chi connectivity index (χ1v) is 19.1. The van der Waals surface area contributed by atoms with Crippen LogP contribution >= 0.6 is 34.0 Å². The van der Waals surface area contributed by atoms with Gasteiger partial charge in [-0.05, 0) is 106 Å². The Kier molecular flexibility index (Phi) is 6.20. The van der Waals surface area contributed by atoms with Crippen LogP contribution in [0.4, 0.5) is 17.1 Å². The number of fused-ring (bicyclic) bond motifs is 9. The molecule has 0 aliphatic carbocycles. The molecule has 0 N–H and O–H groups in total. The van der Waals surface area contributed by atoms with Gasteiger partial charge in [0.1, 0.15) is 5.01 Å². The van der Waals surface area contributed by atoms with E-state index < -0.39 is 0 Å². The van der Waals surface area contributed by atoms with E-state index in [2.05, 4.69) is 163 Å². The Bertz CT molecular complexity index is 2920. The Morgan fingerprint density at radius 1 is 0.360 bits per heavy atom. The van der Waals surface area contributed by atoms with Crippen LogP contribution in [0.1, 0.15) is 0 Å². The number of thiazole rings is 1. The maximum Gasteiger partial charge on any atom is 0.124 e. The largest absolute Gasteiger partial charge is 0.310 e. The number of nitrogens with zero attached hydrogens (tertiary/aromatic N) is 2. The lowest BCUT2D eigenvalue weighted by molar-refractivity contribution is 1.30. The van der Waals surface area contributed by atoms with E-state index in [0.29, 0.717) is 0 Å². The molecule has 11 rings (SSSR count). The third-order valence-corrected chi connectivity index (χ3v) is 13.1. The Balaban J connectivity index is 1.08. The summed E-state index contributed by atoms with van der Waals surface area (Å²) in [6.07, 6.45) is 0. The van der Waals surface area contributed by atoms with Crippen LogP contribution in [0.5, 0.6) is 0 Å². The molecule has 5 heteroatoms. The summed E-state index contributed by atoms with van der Waals surface area (Å²) in [5.74, 6) is 0. The van der Waals surface area contributed by atoms with E-state index >= 15 is 0 Å². The Morgan fingerprint density at radius 2 is 0.840 bits per heavy atom. The lowest BCUT2D eigenvalue weighted by atomic mass is 10.0. The highest BCUT2D eigenvalue weighted by Crippen LogP contribution is 2.45. The van der Waals surface area contributed by atoms with Gasteiger partial charge >= 0.3 is 0 Å². The molecule has 3 heterocycles. The fourth-order valence-electron chi connectivity index (χ4n) is 7.38. The highest BCUT2D eigenvalue weighted by Gasteiger charge is 2.18. The van der Waals surface area contributed by atoms with Crippen molar-refractivity contribution in [3.8, 4) is 10.6 Å². The predicted molar refractivity (Wildman–Crippen MR) is 221 cm³/mol. The molecule has 0 saturated carbocycles. The van der Waals surface area contributed by atoms with Gasteiger partial charge in [-0.15, -0.1) is 34.0 Å². The standard InChI is InChI=1S/C45H26N2S3/c1-3-9-30-23-41-37(21-28(30)7-1)35-19-17-33(25-43(35)48-41)47(32-15-13-27(14-16-32)45-46-39-11-5-6-12-40(39)50-45)34-18-20-36-38-22-29-8-2-4-10-31(29)24-42(38)49-44(36)26-34/h1-26H. The third-order valence-electron chi connectivity index (χ3n) is 9.83. The normalized spacial score (nSPS) is 12.0. The summed E-state index contributed by atoms with van der Waals surface area (Å²) in [5, 5.41) is 11.4. The first kappa shape index (κ1) is 28.3. The van der Waals surface area contributed by atoms with Crippen molar-refractivity contribution < 1.29 is 0 Å². The lowest BCUT2D eigenvalue weighted by Gasteiger charge is -2.26. The zero-order valence-corrected chi connectivity index (χ0v) is 29.1. The number of hydrogen-bond donors (Lipinski definition) is 0. The molecule has 3 aromatic heterocycles. The van der Waals surface area contributed by atoms with Gasteiger partial charge in [0.25, 0.3) is 0 Å². The van der Waals surface area contributed by atoms with Gasteiger partial charge in [0, 0.05) is 63.0 Å². The summed E-state index contributed by atoms with van der Waals surface area (Å²) >= 11 is 5.49. The smallest absolute Gasteiger partial charge is 0.124 e. The van der Waals surface area contributed by atoms with Gasteiger partial charge in [0.2, 0.25) is 0 Å². The molecule has 11 aromatic rings. The van der Waals surface area contributed by atoms with Crippen molar-refractivity contribution >= 4 is 123 Å². The number of para-hydroxylation sites is 1. The molecular formula is C45H26N2S3. The number of rotatable bonds is 4. The quantitative estimate of drug-likeness (QED) is 0.183. The average molecular weight is 691 g/mol. The van der Waals surface area contributed by atoms with Gasteiger partial charge in [-0.2, -0.15) is 0 Å². The van der Waals surface area contributed by atoms with Crippen LogP contribution in [0.25, 0.3) is 82.7 Å². The Labute approximate surface area is 299 Å². The molecule has 0 saturated heterocycles. The zero-order chi connectivity index (χ0) is 32.8. The van der Waals surface area contributed by atoms with Gasteiger partial charge in [-0.25, -0.2) is 4.98 Å². The summed E-state index contributed by atoms with van der Waals surface area (Å²) in [7, 11) is 0. The van der Waals surface area contributed by atoms with Crippen molar-refractivity contribution in [3.05, 3.63) is 158 Å². The molecule has 234 valence electrons. The summed E-state index contributed by atoms with van der Waals surface area (Å²) in [5.41, 5.74) is 5.59. The second-order valence-electron chi connectivity index (χ2n) is 12.8. The monoisotopic (exact) mass is 690 g/mol. The fourth-order valence-corrected chi connectivity index (χ4v) is 10.7. The minimum atomic E-state index is 1.04. The summed E-state index contributed by atoms with van der Waals surface area (Å²) < 4.78 is 6.43. The second kappa shape index (κ2) is 11.0. The van der Waals surface area contributed by atoms with Crippen LogP contribution in [0.3, 0.4) is 0 Å². The topological polar surface area (TPSA) is 16.1 Å². The summed E-state index contributed by atoms with van der Waals surface area (Å²) in [6, 6.07) is 57.9. The van der Waals surface area contributed by atoms with E-state index in [9.17, 15) is 0 Å². The van der Waals surface area contributed by atoms with Gasteiger partial charge in [0.15, 0.2) is 0 Å². The number of anilines is 3. The molecule has 0 aliphatic heterocycles. The molecule has 0 spiro atoms. The number of thiophene rings is 2. The van der Waals surface area contributed by atoms with Crippen LogP contribution in [0.15, 0.2) is 158 Å². The number of benzene rings is 8. The van der Waals surface area contributed by atoms with Crippen molar-refractivity contribution in [2.75, 3.05) is 4.90 Å². The summed E-state index contributed by atoms with van der Waals surface area (Å²) in [4.78, 5) is 7.34. The highest BCUT2D eigenvalue weighted by atomic mass is 32.1. The van der Waals surface area contributed by atoms with Crippen molar-refractivity contribution in [1.82, 2.24) is 4.98 Å². The molecule has 0 bridgehead atoms. The van der Waals surface area contributed by atoms with Gasteiger partial charge in [-0.3, -0.25) is 0 Å². The van der Waals surface area contributed by atoms with Gasteiger partial charge in [0.05, 0.1) is 10.2 Å². The maximum absolute atomic E-state index is 4.93. The SMILES string of the molecule is c1ccc2cc3c(cc2c1)sc1cc(N(c2ccc(-c4nc5ccccc5s4)cc2)c2ccc4c(c2)sc2cc5ccccc5cc24)ccc13. The first-order chi connectivity index (χ1) is 24.7. The molecule has 0 radical (unpaired) electrons. The molecule has 0 aliphatic rings. The Hall–Kier alpha value is -5.59. The van der Waals surface area contributed by atoms with Crippen LogP contribution in [0, 0.1) is 0 Å². The van der Waals surface area contributed by atoms with Crippen LogP contribution in [-0.4, -0.2) is 4.98 Å². The molecule has 0 amide bonds. The maximum atomic E-state index is 4.93. The van der Waals surface area contributed by atoms with E-state index in [1.165, 1.54) is 66.6 Å². The van der Waals surface area contributed by atoms with Gasteiger partial charge in [-0.1, -0.05) is 72.8 Å². The van der Waals surface area contributed by atoms with Crippen LogP contribution in [-0.2, 0) is 0 Å². The molecular weight excluding hydrogens is 665 g/mol. The van der Waals surface area contributed by atoms with E-state index in [1.54, 1.807) is 11.3 Å². The highest BCUT2D eigenvalue weighted by molar-refractivity contribution is 7.26. The van der Waals surface area contributed by atoms with E-state index in [1.807, 2.05) is 22.7 Å². The van der Waals surface area contributed by atoms with E-state index in [4.69, 9.17) is 4.98 Å². The minimum Gasteiger partial charge on any atom is -0.310 e. The molecule has 8 aromatic carbocycles. The minimum absolute atomic E-state index is 1.04. The summed E-state index contributed by atoms with van der Waals surface area (Å²) in [6.45, 7) is 0. The fraction of sp³-hybridized carbons (Fsp3) is 0. The number of aromatic nitrogens is 1. The second-order valence-corrected chi connectivity index (χ2v) is 16.0. The molecule has 0 unspecified atom stereocenters. The van der Waals surface area contributed by atoms with Crippen LogP contribution < -0.4 is 4.90 Å².